The molecule has 5 heteroatoms. The number of pyridine rings is 1. The summed E-state index contributed by atoms with van der Waals surface area (Å²) in [6.45, 7) is 4.41. The normalized spacial score (nSPS) is 23.2. The second-order valence-corrected chi connectivity index (χ2v) is 4.32. The quantitative estimate of drug-likeness (QED) is 0.766. The van der Waals surface area contributed by atoms with Crippen molar-refractivity contribution in [3.63, 3.8) is 0 Å². The number of piperazine rings is 1. The number of hydrogen-bond acceptors (Lipinski definition) is 4. The van der Waals surface area contributed by atoms with Crippen LogP contribution in [0, 0.1) is 0 Å². The van der Waals surface area contributed by atoms with Gasteiger partial charge in [-0.15, -0.1) is 0 Å². The third-order valence-electron chi connectivity index (χ3n) is 3.28. The predicted octanol–water partition coefficient (Wildman–Crippen LogP) is -0.0983. The molecule has 0 radical (unpaired) electrons. The van der Waals surface area contributed by atoms with Crippen LogP contribution in [0.3, 0.4) is 0 Å². The number of hydrogen-bond donors (Lipinski definition) is 2. The second kappa shape index (κ2) is 5.25. The molecule has 0 bridgehead atoms. The molecule has 1 aliphatic heterocycles. The van der Waals surface area contributed by atoms with E-state index in [0.29, 0.717) is 6.54 Å². The summed E-state index contributed by atoms with van der Waals surface area (Å²) in [7, 11) is 0. The van der Waals surface area contributed by atoms with Crippen molar-refractivity contribution in [2.24, 2.45) is 5.73 Å². The number of primary amides is 1. The molecule has 2 rings (SSSR count). The maximum absolute atomic E-state index is 11.4. The molecular weight excluding hydrogens is 216 g/mol. The van der Waals surface area contributed by atoms with E-state index in [4.69, 9.17) is 5.73 Å². The van der Waals surface area contributed by atoms with Crippen molar-refractivity contribution >= 4 is 5.91 Å². The van der Waals surface area contributed by atoms with E-state index >= 15 is 0 Å². The zero-order valence-corrected chi connectivity index (χ0v) is 9.97. The van der Waals surface area contributed by atoms with Crippen molar-refractivity contribution in [1.82, 2.24) is 15.2 Å². The van der Waals surface area contributed by atoms with Crippen LogP contribution < -0.4 is 11.1 Å². The van der Waals surface area contributed by atoms with E-state index in [9.17, 15) is 4.79 Å². The predicted molar refractivity (Wildman–Crippen MR) is 65.2 cm³/mol. The topological polar surface area (TPSA) is 71.2 Å². The Labute approximate surface area is 101 Å². The molecule has 2 heterocycles. The number of rotatable bonds is 3. The maximum Gasteiger partial charge on any atom is 0.236 e. The molecule has 1 fully saturated rings. The number of nitrogens with one attached hydrogen (secondary N) is 1. The Kier molecular flexibility index (Phi) is 3.71. The van der Waals surface area contributed by atoms with Gasteiger partial charge in [0.1, 0.15) is 6.04 Å². The van der Waals surface area contributed by atoms with Crippen molar-refractivity contribution in [3.05, 3.63) is 30.1 Å². The van der Waals surface area contributed by atoms with Gasteiger partial charge >= 0.3 is 0 Å². The van der Waals surface area contributed by atoms with Crippen molar-refractivity contribution in [1.29, 1.82) is 0 Å². The third-order valence-corrected chi connectivity index (χ3v) is 3.28. The van der Waals surface area contributed by atoms with Crippen LogP contribution in [-0.4, -0.2) is 41.5 Å². The smallest absolute Gasteiger partial charge is 0.236 e. The lowest BCUT2D eigenvalue weighted by atomic mass is 10.0. The standard InChI is InChI=1S/C12H18N4O/c1-9(10-3-2-4-14-7-10)16-6-5-15-8-11(16)12(13)17/h2-4,7,9,11,15H,5-6,8H2,1H3,(H2,13,17). The minimum Gasteiger partial charge on any atom is -0.368 e. The van der Waals surface area contributed by atoms with Gasteiger partial charge in [-0.1, -0.05) is 6.07 Å². The first-order chi connectivity index (χ1) is 8.20. The number of nitrogens with two attached hydrogens (primary N) is 1. The average molecular weight is 234 g/mol. The fourth-order valence-corrected chi connectivity index (χ4v) is 2.26. The van der Waals surface area contributed by atoms with Crippen LogP contribution in [0.1, 0.15) is 18.5 Å². The Bertz CT molecular complexity index is 381. The van der Waals surface area contributed by atoms with Crippen molar-refractivity contribution < 1.29 is 4.79 Å². The third kappa shape index (κ3) is 2.62. The molecule has 0 aromatic carbocycles. The Balaban J connectivity index is 2.16. The van der Waals surface area contributed by atoms with E-state index in [-0.39, 0.29) is 18.0 Å². The monoisotopic (exact) mass is 234 g/mol. The largest absolute Gasteiger partial charge is 0.368 e. The lowest BCUT2D eigenvalue weighted by Gasteiger charge is -2.38. The van der Waals surface area contributed by atoms with Gasteiger partial charge in [0.2, 0.25) is 5.91 Å². The van der Waals surface area contributed by atoms with E-state index in [2.05, 4.69) is 22.1 Å². The van der Waals surface area contributed by atoms with E-state index < -0.39 is 0 Å². The van der Waals surface area contributed by atoms with Crippen LogP contribution in [0.15, 0.2) is 24.5 Å². The summed E-state index contributed by atoms with van der Waals surface area (Å²) < 4.78 is 0. The SMILES string of the molecule is CC(c1cccnc1)N1CCNCC1C(N)=O. The molecule has 1 amide bonds. The van der Waals surface area contributed by atoms with Crippen LogP contribution in [0.2, 0.25) is 0 Å². The van der Waals surface area contributed by atoms with Crippen LogP contribution >= 0.6 is 0 Å². The summed E-state index contributed by atoms with van der Waals surface area (Å²) in [6, 6.07) is 3.85. The second-order valence-electron chi connectivity index (χ2n) is 4.32. The first-order valence-corrected chi connectivity index (χ1v) is 5.86. The van der Waals surface area contributed by atoms with Gasteiger partial charge in [0.05, 0.1) is 0 Å². The average Bonchev–Trinajstić information content (AvgIpc) is 2.39. The van der Waals surface area contributed by atoms with Crippen LogP contribution in [0.5, 0.6) is 0 Å². The summed E-state index contributed by atoms with van der Waals surface area (Å²) >= 11 is 0. The Morgan fingerprint density at radius 3 is 3.18 bits per heavy atom. The Hall–Kier alpha value is -1.46. The summed E-state index contributed by atoms with van der Waals surface area (Å²) in [6.07, 6.45) is 3.59. The molecule has 3 N–H and O–H groups in total. The molecule has 1 saturated heterocycles. The molecule has 0 spiro atoms. The zero-order chi connectivity index (χ0) is 12.3. The highest BCUT2D eigenvalue weighted by molar-refractivity contribution is 5.80. The summed E-state index contributed by atoms with van der Waals surface area (Å²) in [5, 5.41) is 3.19. The van der Waals surface area contributed by atoms with E-state index in [1.54, 1.807) is 6.20 Å². The highest BCUT2D eigenvalue weighted by Gasteiger charge is 2.30. The summed E-state index contributed by atoms with van der Waals surface area (Å²) in [5.41, 5.74) is 6.55. The lowest BCUT2D eigenvalue weighted by Crippen LogP contribution is -2.57. The maximum atomic E-state index is 11.4. The van der Waals surface area contributed by atoms with Gasteiger partial charge in [-0.3, -0.25) is 14.7 Å². The molecule has 2 atom stereocenters. The highest BCUT2D eigenvalue weighted by Crippen LogP contribution is 2.22. The van der Waals surface area contributed by atoms with Gasteiger partial charge in [0.15, 0.2) is 0 Å². The molecule has 17 heavy (non-hydrogen) atoms. The van der Waals surface area contributed by atoms with Crippen molar-refractivity contribution in [3.8, 4) is 0 Å². The minimum atomic E-state index is -0.270. The fourth-order valence-electron chi connectivity index (χ4n) is 2.26. The zero-order valence-electron chi connectivity index (χ0n) is 9.97. The first kappa shape index (κ1) is 12.0. The molecule has 1 aromatic heterocycles. The molecule has 1 aliphatic rings. The summed E-state index contributed by atoms with van der Waals surface area (Å²) in [4.78, 5) is 17.7. The number of carbonyl (C=O) groups is 1. The lowest BCUT2D eigenvalue weighted by molar-refractivity contribution is -0.124. The Morgan fingerprint density at radius 1 is 1.71 bits per heavy atom. The van der Waals surface area contributed by atoms with Crippen LogP contribution in [0.4, 0.5) is 0 Å². The van der Waals surface area contributed by atoms with Gasteiger partial charge in [-0.2, -0.15) is 0 Å². The Morgan fingerprint density at radius 2 is 2.53 bits per heavy atom. The fraction of sp³-hybridized carbons (Fsp3) is 0.500. The van der Waals surface area contributed by atoms with Gasteiger partial charge in [0.25, 0.3) is 0 Å². The van der Waals surface area contributed by atoms with Gasteiger partial charge in [-0.05, 0) is 18.6 Å². The highest BCUT2D eigenvalue weighted by atomic mass is 16.1. The minimum absolute atomic E-state index is 0.156. The van der Waals surface area contributed by atoms with E-state index in [1.807, 2.05) is 18.3 Å². The van der Waals surface area contributed by atoms with Gasteiger partial charge < -0.3 is 11.1 Å². The van der Waals surface area contributed by atoms with Crippen LogP contribution in [0.25, 0.3) is 0 Å². The molecule has 5 nitrogen and oxygen atoms in total. The van der Waals surface area contributed by atoms with E-state index in [1.165, 1.54) is 0 Å². The number of amides is 1. The van der Waals surface area contributed by atoms with Crippen molar-refractivity contribution in [2.75, 3.05) is 19.6 Å². The molecule has 0 aliphatic carbocycles. The summed E-state index contributed by atoms with van der Waals surface area (Å²) in [5.74, 6) is -0.270. The number of carbonyl (C=O) groups excluding carboxylic acids is 1. The van der Waals surface area contributed by atoms with Gasteiger partial charge in [-0.25, -0.2) is 0 Å². The molecule has 92 valence electrons. The first-order valence-electron chi connectivity index (χ1n) is 5.86. The number of aromatic nitrogens is 1. The van der Waals surface area contributed by atoms with Crippen LogP contribution in [-0.2, 0) is 4.79 Å². The van der Waals surface area contributed by atoms with Gasteiger partial charge in [0, 0.05) is 38.1 Å². The molecule has 2 unspecified atom stereocenters. The molecule has 0 saturated carbocycles. The van der Waals surface area contributed by atoms with E-state index in [0.717, 1.165) is 18.7 Å². The van der Waals surface area contributed by atoms with Crippen molar-refractivity contribution in [2.45, 2.75) is 19.0 Å². The molecule has 1 aromatic rings. The molecular formula is C12H18N4O. The number of nitrogens with zero attached hydrogens (tertiary/aromatic N) is 2.